The molecule has 0 spiro atoms. The summed E-state index contributed by atoms with van der Waals surface area (Å²) >= 11 is 6.13. The van der Waals surface area contributed by atoms with Crippen molar-refractivity contribution in [1.82, 2.24) is 9.78 Å². The maximum atomic E-state index is 12.7. The smallest absolute Gasteiger partial charge is 0.136 e. The summed E-state index contributed by atoms with van der Waals surface area (Å²) in [5, 5.41) is 4.67. The number of nitrogens with zero attached hydrogens (tertiary/aromatic N) is 2. The van der Waals surface area contributed by atoms with Gasteiger partial charge in [-0.25, -0.2) is 9.07 Å². The summed E-state index contributed by atoms with van der Waals surface area (Å²) in [6, 6.07) is 5.99. The van der Waals surface area contributed by atoms with Gasteiger partial charge in [-0.3, -0.25) is 0 Å². The summed E-state index contributed by atoms with van der Waals surface area (Å²) in [4.78, 5) is 0. The number of hydrogen-bond donors (Lipinski definition) is 1. The first kappa shape index (κ1) is 11.1. The van der Waals surface area contributed by atoms with Gasteiger partial charge in [-0.2, -0.15) is 5.10 Å². The fourth-order valence-electron chi connectivity index (χ4n) is 1.45. The summed E-state index contributed by atoms with van der Waals surface area (Å²) in [5.74, 6) is -0.283. The van der Waals surface area contributed by atoms with E-state index in [9.17, 15) is 4.39 Å². The second kappa shape index (κ2) is 4.63. The zero-order chi connectivity index (χ0) is 11.5. The van der Waals surface area contributed by atoms with Crippen molar-refractivity contribution < 1.29 is 4.39 Å². The average Bonchev–Trinajstić information content (AvgIpc) is 2.63. The van der Waals surface area contributed by atoms with E-state index in [1.165, 1.54) is 12.1 Å². The number of aromatic nitrogens is 2. The molecule has 0 saturated heterocycles. The third kappa shape index (κ3) is 2.08. The Balaban J connectivity index is 2.37. The highest BCUT2D eigenvalue weighted by Crippen LogP contribution is 2.20. The van der Waals surface area contributed by atoms with E-state index in [0.717, 1.165) is 11.3 Å². The third-order valence-electron chi connectivity index (χ3n) is 2.26. The molecular weight excluding hydrogens is 229 g/mol. The number of nitrogens with two attached hydrogens (primary N) is 1. The van der Waals surface area contributed by atoms with Crippen molar-refractivity contribution in [2.24, 2.45) is 5.73 Å². The first-order chi connectivity index (χ1) is 7.72. The molecule has 1 aromatic heterocycles. The lowest BCUT2D eigenvalue weighted by Crippen LogP contribution is -2.03. The highest BCUT2D eigenvalue weighted by Gasteiger charge is 2.09. The molecule has 0 aliphatic heterocycles. The minimum atomic E-state index is -0.283. The van der Waals surface area contributed by atoms with Crippen molar-refractivity contribution in [2.75, 3.05) is 6.54 Å². The predicted molar refractivity (Wildman–Crippen MR) is 61.3 cm³/mol. The van der Waals surface area contributed by atoms with Gasteiger partial charge in [-0.05, 0) is 37.2 Å². The Morgan fingerprint density at radius 2 is 2.00 bits per heavy atom. The molecule has 0 saturated carbocycles. The van der Waals surface area contributed by atoms with Gasteiger partial charge in [-0.15, -0.1) is 0 Å². The zero-order valence-corrected chi connectivity index (χ0v) is 9.28. The quantitative estimate of drug-likeness (QED) is 0.892. The second-order valence-electron chi connectivity index (χ2n) is 3.39. The van der Waals surface area contributed by atoms with Crippen LogP contribution in [0.4, 0.5) is 4.39 Å². The van der Waals surface area contributed by atoms with Gasteiger partial charge in [0.15, 0.2) is 0 Å². The van der Waals surface area contributed by atoms with Crippen molar-refractivity contribution in [3.63, 3.8) is 0 Å². The fraction of sp³-hybridized carbons (Fsp3) is 0.182. The summed E-state index contributed by atoms with van der Waals surface area (Å²) in [7, 11) is 0. The van der Waals surface area contributed by atoms with E-state index in [0.29, 0.717) is 18.1 Å². The number of hydrogen-bond acceptors (Lipinski definition) is 2. The molecule has 0 atom stereocenters. The minimum absolute atomic E-state index is 0.283. The van der Waals surface area contributed by atoms with E-state index in [2.05, 4.69) is 5.10 Å². The van der Waals surface area contributed by atoms with Crippen LogP contribution in [0.5, 0.6) is 0 Å². The molecule has 0 aliphatic rings. The fourth-order valence-corrected chi connectivity index (χ4v) is 1.74. The SMILES string of the molecule is NCCc1cnn(-c2ccc(F)cc2)c1Cl. The van der Waals surface area contributed by atoms with Crippen LogP contribution in [0.15, 0.2) is 30.5 Å². The summed E-state index contributed by atoms with van der Waals surface area (Å²) in [6.45, 7) is 0.523. The topological polar surface area (TPSA) is 43.8 Å². The van der Waals surface area contributed by atoms with Crippen LogP contribution in [0, 0.1) is 5.82 Å². The minimum Gasteiger partial charge on any atom is -0.330 e. The molecule has 1 aromatic carbocycles. The first-order valence-corrected chi connectivity index (χ1v) is 5.28. The van der Waals surface area contributed by atoms with E-state index in [1.54, 1.807) is 23.0 Å². The van der Waals surface area contributed by atoms with Gasteiger partial charge in [0.2, 0.25) is 0 Å². The van der Waals surface area contributed by atoms with E-state index >= 15 is 0 Å². The summed E-state index contributed by atoms with van der Waals surface area (Å²) < 4.78 is 14.3. The van der Waals surface area contributed by atoms with Crippen LogP contribution >= 0.6 is 11.6 Å². The Bertz CT molecular complexity index is 478. The average molecular weight is 240 g/mol. The van der Waals surface area contributed by atoms with Crippen LogP contribution in [0.25, 0.3) is 5.69 Å². The molecular formula is C11H11ClFN3. The van der Waals surface area contributed by atoms with Crippen LogP contribution < -0.4 is 5.73 Å². The van der Waals surface area contributed by atoms with Gasteiger partial charge in [0, 0.05) is 5.56 Å². The van der Waals surface area contributed by atoms with Crippen LogP contribution in [-0.4, -0.2) is 16.3 Å². The van der Waals surface area contributed by atoms with Gasteiger partial charge in [0.1, 0.15) is 11.0 Å². The molecule has 0 fully saturated rings. The predicted octanol–water partition coefficient (Wildman–Crippen LogP) is 2.17. The van der Waals surface area contributed by atoms with Crippen molar-refractivity contribution in [3.05, 3.63) is 47.0 Å². The van der Waals surface area contributed by atoms with Crippen molar-refractivity contribution >= 4 is 11.6 Å². The Labute approximate surface area is 97.6 Å². The van der Waals surface area contributed by atoms with E-state index in [-0.39, 0.29) is 5.82 Å². The van der Waals surface area contributed by atoms with E-state index < -0.39 is 0 Å². The molecule has 16 heavy (non-hydrogen) atoms. The Morgan fingerprint density at radius 3 is 2.62 bits per heavy atom. The molecule has 0 radical (unpaired) electrons. The van der Waals surface area contributed by atoms with Gasteiger partial charge < -0.3 is 5.73 Å². The molecule has 0 bridgehead atoms. The third-order valence-corrected chi connectivity index (χ3v) is 2.67. The largest absolute Gasteiger partial charge is 0.330 e. The first-order valence-electron chi connectivity index (χ1n) is 4.91. The van der Waals surface area contributed by atoms with Crippen molar-refractivity contribution in [2.45, 2.75) is 6.42 Å². The standard InChI is InChI=1S/C11H11ClFN3/c12-11-8(5-6-14)7-15-16(11)10-3-1-9(13)2-4-10/h1-4,7H,5-6,14H2. The molecule has 2 rings (SSSR count). The molecule has 0 unspecified atom stereocenters. The van der Waals surface area contributed by atoms with E-state index in [1.807, 2.05) is 0 Å². The molecule has 2 aromatic rings. The maximum absolute atomic E-state index is 12.7. The Morgan fingerprint density at radius 1 is 1.31 bits per heavy atom. The monoisotopic (exact) mass is 239 g/mol. The Hall–Kier alpha value is -1.39. The number of rotatable bonds is 3. The van der Waals surface area contributed by atoms with Gasteiger partial charge >= 0.3 is 0 Å². The molecule has 1 heterocycles. The van der Waals surface area contributed by atoms with Gasteiger partial charge in [-0.1, -0.05) is 11.6 Å². The molecule has 3 nitrogen and oxygen atoms in total. The maximum Gasteiger partial charge on any atom is 0.136 e. The molecule has 5 heteroatoms. The van der Waals surface area contributed by atoms with Crippen molar-refractivity contribution in [3.8, 4) is 5.69 Å². The van der Waals surface area contributed by atoms with Gasteiger partial charge in [0.05, 0.1) is 11.9 Å². The highest BCUT2D eigenvalue weighted by atomic mass is 35.5. The lowest BCUT2D eigenvalue weighted by molar-refractivity contribution is 0.627. The van der Waals surface area contributed by atoms with Crippen molar-refractivity contribution in [1.29, 1.82) is 0 Å². The lowest BCUT2D eigenvalue weighted by Gasteiger charge is -2.03. The molecule has 0 aliphatic carbocycles. The Kier molecular flexibility index (Phi) is 3.22. The molecule has 0 amide bonds. The van der Waals surface area contributed by atoms with E-state index in [4.69, 9.17) is 17.3 Å². The number of benzene rings is 1. The van der Waals surface area contributed by atoms with Crippen LogP contribution in [0.3, 0.4) is 0 Å². The summed E-state index contributed by atoms with van der Waals surface area (Å²) in [5.41, 5.74) is 7.08. The highest BCUT2D eigenvalue weighted by molar-refractivity contribution is 6.30. The second-order valence-corrected chi connectivity index (χ2v) is 3.75. The lowest BCUT2D eigenvalue weighted by atomic mass is 10.2. The normalized spacial score (nSPS) is 10.7. The molecule has 2 N–H and O–H groups in total. The summed E-state index contributed by atoms with van der Waals surface area (Å²) in [6.07, 6.45) is 2.36. The van der Waals surface area contributed by atoms with Gasteiger partial charge in [0.25, 0.3) is 0 Å². The zero-order valence-electron chi connectivity index (χ0n) is 8.53. The van der Waals surface area contributed by atoms with Crippen LogP contribution in [0.1, 0.15) is 5.56 Å². The number of halogens is 2. The van der Waals surface area contributed by atoms with Crippen LogP contribution in [0.2, 0.25) is 5.15 Å². The molecule has 84 valence electrons. The van der Waals surface area contributed by atoms with Crippen LogP contribution in [-0.2, 0) is 6.42 Å².